The van der Waals surface area contributed by atoms with Gasteiger partial charge in [-0.25, -0.2) is 0 Å². The molecule has 0 bridgehead atoms. The lowest BCUT2D eigenvalue weighted by molar-refractivity contribution is -0.117. The van der Waals surface area contributed by atoms with Gasteiger partial charge in [0, 0.05) is 11.7 Å². The van der Waals surface area contributed by atoms with Crippen LogP contribution in [0.3, 0.4) is 0 Å². The zero-order valence-corrected chi connectivity index (χ0v) is 13.4. The number of aliphatic hydroxyl groups excluding tert-OH is 1. The molecule has 2 atom stereocenters. The van der Waals surface area contributed by atoms with Crippen molar-refractivity contribution in [2.75, 3.05) is 25.0 Å². The summed E-state index contributed by atoms with van der Waals surface area (Å²) in [7, 11) is 0. The number of nitrogens with zero attached hydrogens (tertiary/aromatic N) is 1. The van der Waals surface area contributed by atoms with Gasteiger partial charge in [-0.15, -0.1) is 0 Å². The van der Waals surface area contributed by atoms with Crippen LogP contribution in [0.25, 0.3) is 0 Å². The van der Waals surface area contributed by atoms with Gasteiger partial charge in [0.2, 0.25) is 5.91 Å². The van der Waals surface area contributed by atoms with Crippen LogP contribution in [0, 0.1) is 26.7 Å². The number of aliphatic hydroxyl groups is 1. The van der Waals surface area contributed by atoms with E-state index in [9.17, 15) is 9.90 Å². The van der Waals surface area contributed by atoms with Gasteiger partial charge in [-0.2, -0.15) is 0 Å². The van der Waals surface area contributed by atoms with Gasteiger partial charge < -0.3 is 10.4 Å². The first-order chi connectivity index (χ1) is 9.92. The highest BCUT2D eigenvalue weighted by Gasteiger charge is 2.31. The molecule has 4 heteroatoms. The molecule has 1 fully saturated rings. The number of rotatable bonds is 4. The maximum absolute atomic E-state index is 12.3. The summed E-state index contributed by atoms with van der Waals surface area (Å²) in [6.45, 7) is 9.58. The largest absolute Gasteiger partial charge is 0.395 e. The minimum Gasteiger partial charge on any atom is -0.395 e. The molecule has 0 radical (unpaired) electrons. The van der Waals surface area contributed by atoms with E-state index in [1.165, 1.54) is 5.56 Å². The number of benzene rings is 1. The van der Waals surface area contributed by atoms with Crippen molar-refractivity contribution in [3.8, 4) is 0 Å². The molecule has 116 valence electrons. The van der Waals surface area contributed by atoms with Crippen molar-refractivity contribution < 1.29 is 9.90 Å². The van der Waals surface area contributed by atoms with Gasteiger partial charge in [0.1, 0.15) is 0 Å². The second kappa shape index (κ2) is 6.58. The van der Waals surface area contributed by atoms with Crippen molar-refractivity contribution >= 4 is 11.6 Å². The lowest BCUT2D eigenvalue weighted by Crippen LogP contribution is -2.40. The second-order valence-electron chi connectivity index (χ2n) is 6.31. The van der Waals surface area contributed by atoms with Gasteiger partial charge >= 0.3 is 0 Å². The van der Waals surface area contributed by atoms with E-state index in [1.807, 2.05) is 13.8 Å². The summed E-state index contributed by atoms with van der Waals surface area (Å²) >= 11 is 0. The SMILES string of the molecule is Cc1cc(C)c(NC(=O)CN2CCC(C)C2CO)c(C)c1. The van der Waals surface area contributed by atoms with Gasteiger partial charge in [-0.1, -0.05) is 24.6 Å². The molecule has 1 amide bonds. The van der Waals surface area contributed by atoms with E-state index < -0.39 is 0 Å². The Bertz CT molecular complexity index is 505. The van der Waals surface area contributed by atoms with Crippen molar-refractivity contribution in [3.05, 3.63) is 28.8 Å². The van der Waals surface area contributed by atoms with E-state index in [2.05, 4.69) is 36.2 Å². The van der Waals surface area contributed by atoms with Crippen LogP contribution in [0.4, 0.5) is 5.69 Å². The van der Waals surface area contributed by atoms with E-state index in [0.29, 0.717) is 12.5 Å². The predicted octanol–water partition coefficient (Wildman–Crippen LogP) is 2.25. The number of nitrogens with one attached hydrogen (secondary N) is 1. The highest BCUT2D eigenvalue weighted by Crippen LogP contribution is 2.24. The van der Waals surface area contributed by atoms with Gasteiger partial charge in [-0.05, 0) is 50.8 Å². The topological polar surface area (TPSA) is 52.6 Å². The van der Waals surface area contributed by atoms with Crippen LogP contribution < -0.4 is 5.32 Å². The van der Waals surface area contributed by atoms with E-state index in [1.54, 1.807) is 0 Å². The Balaban J connectivity index is 2.03. The first-order valence-corrected chi connectivity index (χ1v) is 7.65. The Morgan fingerprint density at radius 3 is 2.52 bits per heavy atom. The highest BCUT2D eigenvalue weighted by atomic mass is 16.3. The fourth-order valence-corrected chi connectivity index (χ4v) is 3.32. The average Bonchev–Trinajstić information content (AvgIpc) is 2.74. The Kier molecular flexibility index (Phi) is 5.01. The van der Waals surface area contributed by atoms with E-state index in [-0.39, 0.29) is 18.6 Å². The maximum atomic E-state index is 12.3. The number of anilines is 1. The number of hydrogen-bond acceptors (Lipinski definition) is 3. The van der Waals surface area contributed by atoms with Gasteiger partial charge in [0.15, 0.2) is 0 Å². The molecular weight excluding hydrogens is 264 g/mol. The zero-order valence-electron chi connectivity index (χ0n) is 13.4. The number of carbonyl (C=O) groups excluding carboxylic acids is 1. The highest BCUT2D eigenvalue weighted by molar-refractivity contribution is 5.93. The number of aryl methyl sites for hydroxylation is 3. The standard InChI is InChI=1S/C17H26N2O2/c1-11-7-13(3)17(14(4)8-11)18-16(21)9-19-6-5-12(2)15(19)10-20/h7-8,12,15,20H,5-6,9-10H2,1-4H3,(H,18,21). The Hall–Kier alpha value is -1.39. The van der Waals surface area contributed by atoms with Crippen LogP contribution in [-0.2, 0) is 4.79 Å². The normalized spacial score (nSPS) is 22.5. The quantitative estimate of drug-likeness (QED) is 0.894. The van der Waals surface area contributed by atoms with Crippen molar-refractivity contribution in [3.63, 3.8) is 0 Å². The van der Waals surface area contributed by atoms with Crippen molar-refractivity contribution in [2.45, 2.75) is 40.2 Å². The summed E-state index contributed by atoms with van der Waals surface area (Å²) in [4.78, 5) is 14.4. The predicted molar refractivity (Wildman–Crippen MR) is 85.5 cm³/mol. The monoisotopic (exact) mass is 290 g/mol. The fraction of sp³-hybridized carbons (Fsp3) is 0.588. The molecule has 2 N–H and O–H groups in total. The van der Waals surface area contributed by atoms with Crippen LogP contribution in [0.15, 0.2) is 12.1 Å². The van der Waals surface area contributed by atoms with Crippen LogP contribution in [0.2, 0.25) is 0 Å². The molecule has 1 aliphatic heterocycles. The van der Waals surface area contributed by atoms with E-state index in [4.69, 9.17) is 0 Å². The smallest absolute Gasteiger partial charge is 0.238 e. The van der Waals surface area contributed by atoms with E-state index in [0.717, 1.165) is 29.8 Å². The lowest BCUT2D eigenvalue weighted by atomic mass is 10.0. The minimum atomic E-state index is -0.00222. The molecule has 0 aliphatic carbocycles. The fourth-order valence-electron chi connectivity index (χ4n) is 3.32. The van der Waals surface area contributed by atoms with Crippen molar-refractivity contribution in [1.82, 2.24) is 4.90 Å². The maximum Gasteiger partial charge on any atom is 0.238 e. The van der Waals surface area contributed by atoms with Gasteiger partial charge in [0.25, 0.3) is 0 Å². The number of carbonyl (C=O) groups is 1. The summed E-state index contributed by atoms with van der Waals surface area (Å²) in [6, 6.07) is 4.27. The first-order valence-electron chi connectivity index (χ1n) is 7.65. The molecular formula is C17H26N2O2. The molecule has 0 saturated carbocycles. The van der Waals surface area contributed by atoms with Crippen LogP contribution in [-0.4, -0.2) is 41.7 Å². The molecule has 1 heterocycles. The third-order valence-electron chi connectivity index (χ3n) is 4.47. The third-order valence-corrected chi connectivity index (χ3v) is 4.47. The molecule has 1 aliphatic rings. The molecule has 2 unspecified atom stereocenters. The Morgan fingerprint density at radius 1 is 1.33 bits per heavy atom. The van der Waals surface area contributed by atoms with Crippen molar-refractivity contribution in [2.24, 2.45) is 5.92 Å². The Labute approximate surface area is 127 Å². The van der Waals surface area contributed by atoms with Crippen molar-refractivity contribution in [1.29, 1.82) is 0 Å². The molecule has 1 saturated heterocycles. The summed E-state index contributed by atoms with van der Waals surface area (Å²) in [5, 5.41) is 12.5. The molecule has 2 rings (SSSR count). The third kappa shape index (κ3) is 3.63. The number of hydrogen-bond donors (Lipinski definition) is 2. The van der Waals surface area contributed by atoms with Crippen LogP contribution in [0.5, 0.6) is 0 Å². The minimum absolute atomic E-state index is 0.00222. The molecule has 1 aromatic rings. The summed E-state index contributed by atoms with van der Waals surface area (Å²) < 4.78 is 0. The summed E-state index contributed by atoms with van der Waals surface area (Å²) in [5.41, 5.74) is 4.30. The first kappa shape index (κ1) is 16.0. The van der Waals surface area contributed by atoms with Gasteiger partial charge in [-0.3, -0.25) is 9.69 Å². The molecule has 0 aromatic heterocycles. The van der Waals surface area contributed by atoms with Crippen LogP contribution >= 0.6 is 0 Å². The Morgan fingerprint density at radius 2 is 1.95 bits per heavy atom. The number of amides is 1. The molecule has 1 aromatic carbocycles. The summed E-state index contributed by atoms with van der Waals surface area (Å²) in [5.74, 6) is 0.447. The number of likely N-dealkylation sites (tertiary alicyclic amines) is 1. The van der Waals surface area contributed by atoms with Crippen LogP contribution in [0.1, 0.15) is 30.0 Å². The lowest BCUT2D eigenvalue weighted by Gasteiger charge is -2.24. The molecule has 0 spiro atoms. The average molecular weight is 290 g/mol. The molecule has 4 nitrogen and oxygen atoms in total. The van der Waals surface area contributed by atoms with Gasteiger partial charge in [0.05, 0.1) is 13.2 Å². The summed E-state index contributed by atoms with van der Waals surface area (Å²) in [6.07, 6.45) is 1.04. The molecule has 21 heavy (non-hydrogen) atoms. The zero-order chi connectivity index (χ0) is 15.6. The van der Waals surface area contributed by atoms with E-state index >= 15 is 0 Å². The second-order valence-corrected chi connectivity index (χ2v) is 6.31.